The van der Waals surface area contributed by atoms with Gasteiger partial charge in [-0.15, -0.1) is 0 Å². The van der Waals surface area contributed by atoms with Crippen molar-refractivity contribution in [3.63, 3.8) is 0 Å². The summed E-state index contributed by atoms with van der Waals surface area (Å²) in [6, 6.07) is 14.2. The van der Waals surface area contributed by atoms with Crippen LogP contribution in [0.4, 0.5) is 17.6 Å². The molecule has 0 atom stereocenters. The smallest absolute Gasteiger partial charge is 0.305 e. The van der Waals surface area contributed by atoms with Gasteiger partial charge in [-0.3, -0.25) is 0 Å². The van der Waals surface area contributed by atoms with E-state index in [4.69, 9.17) is 0 Å². The number of halogens is 4. The fraction of sp³-hybridized carbons (Fsp3) is 0.364. The Bertz CT molecular complexity index is 800. The summed E-state index contributed by atoms with van der Waals surface area (Å²) in [7, 11) is -0.522. The highest BCUT2D eigenvalue weighted by molar-refractivity contribution is 6.59. The molecule has 0 amide bonds. The molecule has 1 saturated heterocycles. The topological polar surface area (TPSA) is 9.23 Å². The highest BCUT2D eigenvalue weighted by Crippen LogP contribution is 2.36. The molecule has 0 aromatic heterocycles. The minimum Gasteiger partial charge on any atom is -0.453 e. The zero-order chi connectivity index (χ0) is 20.1. The van der Waals surface area contributed by atoms with Gasteiger partial charge in [-0.25, -0.2) is 8.78 Å². The molecule has 0 spiro atoms. The van der Waals surface area contributed by atoms with Gasteiger partial charge in [0.1, 0.15) is 0 Å². The van der Waals surface area contributed by atoms with E-state index in [0.29, 0.717) is 17.0 Å². The van der Waals surface area contributed by atoms with Crippen LogP contribution in [-0.2, 0) is 0 Å². The average Bonchev–Trinajstić information content (AvgIpc) is 2.68. The Morgan fingerprint density at radius 3 is 2.18 bits per heavy atom. The molecule has 1 heterocycles. The van der Waals surface area contributed by atoms with E-state index in [2.05, 4.69) is 11.7 Å². The SMILES string of the molecule is CCC[Si@H]1CC[C@H](c2ccc(-c3cc(F)c(OC=C(F)F)c(F)c3)cc2)CC1. The third-order valence-corrected chi connectivity index (χ3v) is 9.22. The van der Waals surface area contributed by atoms with Gasteiger partial charge in [0.25, 0.3) is 0 Å². The molecule has 0 aliphatic carbocycles. The number of hydrogen-bond acceptors (Lipinski definition) is 1. The van der Waals surface area contributed by atoms with Gasteiger partial charge in [-0.1, -0.05) is 55.7 Å². The predicted molar refractivity (Wildman–Crippen MR) is 107 cm³/mol. The first-order valence-corrected chi connectivity index (χ1v) is 12.2. The second-order valence-electron chi connectivity index (χ2n) is 7.42. The lowest BCUT2D eigenvalue weighted by molar-refractivity contribution is 0.344. The second-order valence-corrected chi connectivity index (χ2v) is 10.9. The first-order valence-electron chi connectivity index (χ1n) is 9.75. The molecule has 2 aromatic rings. The largest absolute Gasteiger partial charge is 0.453 e. The second kappa shape index (κ2) is 9.41. The van der Waals surface area contributed by atoms with Crippen LogP contribution in [0.15, 0.2) is 48.7 Å². The summed E-state index contributed by atoms with van der Waals surface area (Å²) in [5, 5.41) is 0. The number of hydrogen-bond donors (Lipinski definition) is 0. The molecule has 1 aliphatic rings. The summed E-state index contributed by atoms with van der Waals surface area (Å²) in [6.07, 6.45) is 1.64. The maximum atomic E-state index is 14.1. The Morgan fingerprint density at radius 1 is 1.04 bits per heavy atom. The van der Waals surface area contributed by atoms with Gasteiger partial charge in [0, 0.05) is 8.80 Å². The minimum absolute atomic E-state index is 0.0219. The fourth-order valence-electron chi connectivity index (χ4n) is 4.08. The molecule has 3 rings (SSSR count). The van der Waals surface area contributed by atoms with E-state index < -0.39 is 32.3 Å². The maximum absolute atomic E-state index is 14.1. The van der Waals surface area contributed by atoms with E-state index in [-0.39, 0.29) is 6.26 Å². The van der Waals surface area contributed by atoms with Gasteiger partial charge in [0.05, 0.1) is 0 Å². The van der Waals surface area contributed by atoms with E-state index in [1.807, 2.05) is 24.3 Å². The van der Waals surface area contributed by atoms with Crippen LogP contribution >= 0.6 is 0 Å². The summed E-state index contributed by atoms with van der Waals surface area (Å²) in [5.74, 6) is -2.30. The lowest BCUT2D eigenvalue weighted by Gasteiger charge is -2.27. The van der Waals surface area contributed by atoms with E-state index in [9.17, 15) is 17.6 Å². The molecule has 28 heavy (non-hydrogen) atoms. The normalized spacial score (nSPS) is 19.3. The summed E-state index contributed by atoms with van der Waals surface area (Å²) in [5.41, 5.74) is 2.30. The molecule has 1 fully saturated rings. The highest BCUT2D eigenvalue weighted by Gasteiger charge is 2.22. The summed E-state index contributed by atoms with van der Waals surface area (Å²) in [6.45, 7) is 2.26. The molecule has 0 unspecified atom stereocenters. The van der Waals surface area contributed by atoms with Crippen molar-refractivity contribution in [2.75, 3.05) is 0 Å². The molecule has 0 radical (unpaired) electrons. The lowest BCUT2D eigenvalue weighted by atomic mass is 9.92. The third kappa shape index (κ3) is 5.04. The van der Waals surface area contributed by atoms with Crippen molar-refractivity contribution in [2.45, 2.75) is 50.2 Å². The lowest BCUT2D eigenvalue weighted by Crippen LogP contribution is -2.19. The van der Waals surface area contributed by atoms with Crippen molar-refractivity contribution in [1.29, 1.82) is 0 Å². The van der Waals surface area contributed by atoms with Crippen molar-refractivity contribution < 1.29 is 22.3 Å². The van der Waals surface area contributed by atoms with E-state index >= 15 is 0 Å². The number of ether oxygens (including phenoxy) is 1. The first kappa shape index (κ1) is 20.6. The van der Waals surface area contributed by atoms with Crippen LogP contribution in [-0.4, -0.2) is 8.80 Å². The van der Waals surface area contributed by atoms with Gasteiger partial charge in [-0.05, 0) is 47.6 Å². The molecule has 2 aromatic carbocycles. The van der Waals surface area contributed by atoms with Crippen LogP contribution in [0.1, 0.15) is 37.7 Å². The summed E-state index contributed by atoms with van der Waals surface area (Å²) in [4.78, 5) is 0. The minimum atomic E-state index is -2.16. The highest BCUT2D eigenvalue weighted by atomic mass is 28.3. The van der Waals surface area contributed by atoms with Crippen molar-refractivity contribution in [1.82, 2.24) is 0 Å². The van der Waals surface area contributed by atoms with Crippen LogP contribution in [0.5, 0.6) is 5.75 Å². The van der Waals surface area contributed by atoms with Gasteiger partial charge >= 0.3 is 6.08 Å². The van der Waals surface area contributed by atoms with Crippen molar-refractivity contribution in [3.05, 3.63) is 65.9 Å². The summed E-state index contributed by atoms with van der Waals surface area (Å²) >= 11 is 0. The maximum Gasteiger partial charge on any atom is 0.305 e. The van der Waals surface area contributed by atoms with E-state index in [0.717, 1.165) is 12.1 Å². The molecular weight excluding hydrogens is 384 g/mol. The van der Waals surface area contributed by atoms with E-state index in [1.54, 1.807) is 0 Å². The average molecular weight is 409 g/mol. The Morgan fingerprint density at radius 2 is 1.64 bits per heavy atom. The van der Waals surface area contributed by atoms with Gasteiger partial charge in [-0.2, -0.15) is 8.78 Å². The fourth-order valence-corrected chi connectivity index (χ4v) is 7.51. The van der Waals surface area contributed by atoms with Gasteiger partial charge in [0.15, 0.2) is 23.6 Å². The Hall–Kier alpha value is -2.08. The third-order valence-electron chi connectivity index (χ3n) is 5.52. The van der Waals surface area contributed by atoms with Crippen molar-refractivity contribution >= 4 is 8.80 Å². The van der Waals surface area contributed by atoms with Crippen molar-refractivity contribution in [3.8, 4) is 16.9 Å². The molecule has 0 bridgehead atoms. The standard InChI is InChI=1S/C22H24F4OSi/c1-2-9-28-10-7-17(8-11-28)15-3-5-16(6-4-15)18-12-19(23)22(20(24)13-18)27-14-21(25)26/h3-6,12-14,17,28H,2,7-11H2,1H3/t17-,28-. The molecule has 1 nitrogen and oxygen atoms in total. The molecule has 0 saturated carbocycles. The first-order chi connectivity index (χ1) is 13.5. The quantitative estimate of drug-likeness (QED) is 0.278. The van der Waals surface area contributed by atoms with Crippen LogP contribution < -0.4 is 4.74 Å². The molecule has 1 aliphatic heterocycles. The monoisotopic (exact) mass is 408 g/mol. The van der Waals surface area contributed by atoms with Crippen LogP contribution in [0.25, 0.3) is 11.1 Å². The Kier molecular flexibility index (Phi) is 6.94. The van der Waals surface area contributed by atoms with Gasteiger partial charge < -0.3 is 4.74 Å². The number of rotatable bonds is 6. The van der Waals surface area contributed by atoms with Crippen LogP contribution in [0.2, 0.25) is 18.1 Å². The molecule has 0 N–H and O–H groups in total. The molecule has 150 valence electrons. The van der Waals surface area contributed by atoms with Crippen molar-refractivity contribution in [2.24, 2.45) is 0 Å². The molecular formula is C22H24F4OSi. The van der Waals surface area contributed by atoms with E-state index in [1.165, 1.54) is 43.0 Å². The molecule has 6 heteroatoms. The van der Waals surface area contributed by atoms with Crippen LogP contribution in [0.3, 0.4) is 0 Å². The number of benzene rings is 2. The zero-order valence-corrected chi connectivity index (χ0v) is 17.0. The van der Waals surface area contributed by atoms with Gasteiger partial charge in [0.2, 0.25) is 0 Å². The summed E-state index contributed by atoms with van der Waals surface area (Å²) < 4.78 is 56.7. The van der Waals surface area contributed by atoms with Crippen LogP contribution in [0, 0.1) is 11.6 Å². The Labute approximate surface area is 164 Å². The Balaban J connectivity index is 1.72. The predicted octanol–water partition coefficient (Wildman–Crippen LogP) is 7.26. The zero-order valence-electron chi connectivity index (χ0n) is 15.9.